The summed E-state index contributed by atoms with van der Waals surface area (Å²) in [6, 6.07) is 1.84. The molecular formula is C12H15N5O2. The predicted molar refractivity (Wildman–Crippen MR) is 66.5 cm³/mol. The summed E-state index contributed by atoms with van der Waals surface area (Å²) in [6.45, 7) is 0.990. The van der Waals surface area contributed by atoms with Gasteiger partial charge in [0.15, 0.2) is 0 Å². The predicted octanol–water partition coefficient (Wildman–Crippen LogP) is 1.35. The molecule has 2 aromatic heterocycles. The largest absolute Gasteiger partial charge is 0.481 e. The zero-order valence-corrected chi connectivity index (χ0v) is 10.7. The van der Waals surface area contributed by atoms with Gasteiger partial charge in [0.2, 0.25) is 17.6 Å². The number of hydrogen-bond acceptors (Lipinski definition) is 7. The number of ether oxygens (including phenoxy) is 1. The first-order valence-electron chi connectivity index (χ1n) is 6.30. The van der Waals surface area contributed by atoms with Crippen molar-refractivity contribution in [3.63, 3.8) is 0 Å². The minimum atomic E-state index is 0.152. The van der Waals surface area contributed by atoms with E-state index in [0.29, 0.717) is 23.3 Å². The fraction of sp³-hybridized carbons (Fsp3) is 0.500. The molecule has 1 fully saturated rings. The second-order valence-electron chi connectivity index (χ2n) is 4.40. The second kappa shape index (κ2) is 5.31. The van der Waals surface area contributed by atoms with Crippen molar-refractivity contribution in [2.45, 2.75) is 25.3 Å². The van der Waals surface area contributed by atoms with E-state index in [1.807, 2.05) is 0 Å². The summed E-state index contributed by atoms with van der Waals surface area (Å²) in [5.74, 6) is 1.56. The number of hydrogen-bond donors (Lipinski definition) is 1. The normalized spacial score (nSPS) is 19.3. The Bertz CT molecular complexity index is 551. The summed E-state index contributed by atoms with van der Waals surface area (Å²) in [4.78, 5) is 12.5. The zero-order valence-electron chi connectivity index (χ0n) is 10.7. The lowest BCUT2D eigenvalue weighted by Crippen LogP contribution is -2.26. The van der Waals surface area contributed by atoms with Crippen molar-refractivity contribution in [2.24, 2.45) is 0 Å². The van der Waals surface area contributed by atoms with Crippen molar-refractivity contribution in [1.82, 2.24) is 25.4 Å². The molecule has 1 atom stereocenters. The van der Waals surface area contributed by atoms with E-state index in [1.165, 1.54) is 19.2 Å². The van der Waals surface area contributed by atoms with Gasteiger partial charge in [-0.3, -0.25) is 0 Å². The van der Waals surface area contributed by atoms with E-state index in [2.05, 4.69) is 25.4 Å². The Hall–Kier alpha value is -2.02. The molecule has 2 aromatic rings. The molecule has 1 aliphatic rings. The van der Waals surface area contributed by atoms with Crippen molar-refractivity contribution >= 4 is 0 Å². The Kier molecular flexibility index (Phi) is 3.37. The van der Waals surface area contributed by atoms with Crippen molar-refractivity contribution in [1.29, 1.82) is 0 Å². The molecule has 0 radical (unpaired) electrons. The molecule has 0 spiro atoms. The average molecular weight is 261 g/mol. The molecule has 0 amide bonds. The molecule has 100 valence electrons. The zero-order chi connectivity index (χ0) is 13.1. The maximum Gasteiger partial charge on any atom is 0.244 e. The monoisotopic (exact) mass is 261 g/mol. The third kappa shape index (κ3) is 2.55. The minimum Gasteiger partial charge on any atom is -0.481 e. The van der Waals surface area contributed by atoms with Gasteiger partial charge in [-0.25, -0.2) is 9.97 Å². The third-order valence-corrected chi connectivity index (χ3v) is 3.13. The van der Waals surface area contributed by atoms with Crippen LogP contribution in [0.2, 0.25) is 0 Å². The van der Waals surface area contributed by atoms with Crippen LogP contribution in [0.3, 0.4) is 0 Å². The van der Waals surface area contributed by atoms with Crippen molar-refractivity contribution in [2.75, 3.05) is 13.7 Å². The van der Waals surface area contributed by atoms with E-state index < -0.39 is 0 Å². The van der Waals surface area contributed by atoms with Crippen LogP contribution in [0.1, 0.15) is 31.2 Å². The molecule has 1 N–H and O–H groups in total. The van der Waals surface area contributed by atoms with Crippen LogP contribution < -0.4 is 10.1 Å². The molecule has 7 nitrogen and oxygen atoms in total. The van der Waals surface area contributed by atoms with E-state index in [4.69, 9.17) is 9.26 Å². The Labute approximate surface area is 110 Å². The summed E-state index contributed by atoms with van der Waals surface area (Å²) >= 11 is 0. The van der Waals surface area contributed by atoms with Gasteiger partial charge in [0.25, 0.3) is 0 Å². The number of rotatable bonds is 3. The first-order chi connectivity index (χ1) is 9.36. The van der Waals surface area contributed by atoms with E-state index in [-0.39, 0.29) is 6.04 Å². The molecule has 0 aromatic carbocycles. The molecule has 0 aliphatic carbocycles. The molecule has 1 unspecified atom stereocenters. The van der Waals surface area contributed by atoms with Gasteiger partial charge < -0.3 is 14.6 Å². The van der Waals surface area contributed by atoms with Crippen LogP contribution in [0, 0.1) is 0 Å². The first-order valence-corrected chi connectivity index (χ1v) is 6.30. The molecule has 0 saturated carbocycles. The molecule has 3 rings (SSSR count). The van der Waals surface area contributed by atoms with Gasteiger partial charge in [-0.05, 0) is 19.4 Å². The smallest absolute Gasteiger partial charge is 0.244 e. The second-order valence-corrected chi connectivity index (χ2v) is 4.40. The highest BCUT2D eigenvalue weighted by molar-refractivity contribution is 5.49. The number of piperidine rings is 1. The third-order valence-electron chi connectivity index (χ3n) is 3.13. The summed E-state index contributed by atoms with van der Waals surface area (Å²) in [5, 5.41) is 7.33. The van der Waals surface area contributed by atoms with Crippen LogP contribution in [-0.2, 0) is 0 Å². The van der Waals surface area contributed by atoms with Crippen LogP contribution in [0.4, 0.5) is 0 Å². The van der Waals surface area contributed by atoms with E-state index in [0.717, 1.165) is 13.0 Å². The van der Waals surface area contributed by atoms with Gasteiger partial charge in [-0.1, -0.05) is 11.6 Å². The maximum absolute atomic E-state index is 5.31. The van der Waals surface area contributed by atoms with Gasteiger partial charge >= 0.3 is 0 Å². The number of aromatic nitrogens is 4. The molecule has 7 heteroatoms. The Morgan fingerprint density at radius 1 is 1.37 bits per heavy atom. The SMILES string of the molecule is COc1cc(-c2noc(C3CCCCN3)n2)ncn1. The lowest BCUT2D eigenvalue weighted by atomic mass is 10.1. The Morgan fingerprint density at radius 2 is 2.32 bits per heavy atom. The van der Waals surface area contributed by atoms with Gasteiger partial charge in [0.05, 0.1) is 13.2 Å². The maximum atomic E-state index is 5.31. The summed E-state index contributed by atoms with van der Waals surface area (Å²) in [6.07, 6.45) is 4.81. The van der Waals surface area contributed by atoms with Crippen molar-refractivity contribution in [3.8, 4) is 17.4 Å². The van der Waals surface area contributed by atoms with Crippen LogP contribution in [0.15, 0.2) is 16.9 Å². The topological polar surface area (TPSA) is 86.0 Å². The van der Waals surface area contributed by atoms with Crippen LogP contribution in [0.5, 0.6) is 5.88 Å². The molecule has 1 saturated heterocycles. The summed E-state index contributed by atoms with van der Waals surface area (Å²) in [7, 11) is 1.56. The highest BCUT2D eigenvalue weighted by Gasteiger charge is 2.21. The summed E-state index contributed by atoms with van der Waals surface area (Å²) < 4.78 is 10.4. The number of methoxy groups -OCH3 is 1. The Balaban J connectivity index is 1.83. The van der Waals surface area contributed by atoms with Crippen LogP contribution in [0.25, 0.3) is 11.5 Å². The van der Waals surface area contributed by atoms with Gasteiger partial charge in [-0.2, -0.15) is 4.98 Å². The average Bonchev–Trinajstić information content (AvgIpc) is 2.98. The Morgan fingerprint density at radius 3 is 3.11 bits per heavy atom. The van der Waals surface area contributed by atoms with Gasteiger partial charge in [-0.15, -0.1) is 0 Å². The van der Waals surface area contributed by atoms with E-state index in [9.17, 15) is 0 Å². The molecule has 3 heterocycles. The molecule has 1 aliphatic heterocycles. The first kappa shape index (κ1) is 12.0. The van der Waals surface area contributed by atoms with E-state index >= 15 is 0 Å². The van der Waals surface area contributed by atoms with Gasteiger partial charge in [0.1, 0.15) is 12.0 Å². The molecule has 19 heavy (non-hydrogen) atoms. The fourth-order valence-electron chi connectivity index (χ4n) is 2.12. The highest BCUT2D eigenvalue weighted by atomic mass is 16.5. The van der Waals surface area contributed by atoms with E-state index in [1.54, 1.807) is 13.2 Å². The number of nitrogens with one attached hydrogen (secondary N) is 1. The van der Waals surface area contributed by atoms with Crippen LogP contribution >= 0.6 is 0 Å². The quantitative estimate of drug-likeness (QED) is 0.892. The van der Waals surface area contributed by atoms with Crippen LogP contribution in [-0.4, -0.2) is 33.8 Å². The van der Waals surface area contributed by atoms with Gasteiger partial charge in [0, 0.05) is 6.07 Å². The lowest BCUT2D eigenvalue weighted by molar-refractivity contribution is 0.297. The molecule has 0 bridgehead atoms. The van der Waals surface area contributed by atoms with Crippen molar-refractivity contribution < 1.29 is 9.26 Å². The molecular weight excluding hydrogens is 246 g/mol. The van der Waals surface area contributed by atoms with Crippen molar-refractivity contribution in [3.05, 3.63) is 18.3 Å². The highest BCUT2D eigenvalue weighted by Crippen LogP contribution is 2.24. The summed E-state index contributed by atoms with van der Waals surface area (Å²) in [5.41, 5.74) is 0.595. The number of nitrogens with zero attached hydrogens (tertiary/aromatic N) is 4. The fourth-order valence-corrected chi connectivity index (χ4v) is 2.12. The lowest BCUT2D eigenvalue weighted by Gasteiger charge is -2.19. The standard InChI is InChI=1S/C12H15N5O2/c1-18-10-6-9(14-7-15-10)11-16-12(19-17-11)8-4-2-3-5-13-8/h6-8,13H,2-5H2,1H3. The minimum absolute atomic E-state index is 0.152.